The normalized spacial score (nSPS) is 10.0. The zero-order valence-corrected chi connectivity index (χ0v) is 14.1. The van der Waals surface area contributed by atoms with E-state index >= 15 is 0 Å². The summed E-state index contributed by atoms with van der Waals surface area (Å²) in [6.45, 7) is 1.28. The van der Waals surface area contributed by atoms with Crippen molar-refractivity contribution in [1.29, 1.82) is 0 Å². The van der Waals surface area contributed by atoms with E-state index in [0.29, 0.717) is 11.4 Å². The van der Waals surface area contributed by atoms with Crippen molar-refractivity contribution in [2.45, 2.75) is 6.92 Å². The van der Waals surface area contributed by atoms with Crippen LogP contribution in [0, 0.1) is 6.92 Å². The maximum Gasteiger partial charge on any atom is 0.344 e. The summed E-state index contributed by atoms with van der Waals surface area (Å²) in [5.74, 6) is -0.395. The molecule has 5 nitrogen and oxygen atoms in total. The zero-order valence-electron chi connectivity index (χ0n) is 12.5. The smallest absolute Gasteiger partial charge is 0.344 e. The molecule has 120 valence electrons. The highest BCUT2D eigenvalue weighted by molar-refractivity contribution is 9.10. The summed E-state index contributed by atoms with van der Waals surface area (Å²) in [4.78, 5) is 23.3. The number of hydrogen-bond donors (Lipinski definition) is 1. The van der Waals surface area contributed by atoms with Gasteiger partial charge in [0, 0.05) is 10.2 Å². The minimum atomic E-state index is -0.599. The highest BCUT2D eigenvalue weighted by Crippen LogP contribution is 2.16. The van der Waals surface area contributed by atoms with E-state index in [9.17, 15) is 9.59 Å². The first-order chi connectivity index (χ1) is 11.0. The van der Waals surface area contributed by atoms with Crippen molar-refractivity contribution in [3.8, 4) is 5.75 Å². The lowest BCUT2D eigenvalue weighted by Gasteiger charge is -2.09. The SMILES string of the molecule is Cc1ccccc1OCC(=O)OCC(=O)Nc1cccc(Br)c1. The van der Waals surface area contributed by atoms with Gasteiger partial charge in [0.1, 0.15) is 5.75 Å². The molecule has 1 amide bonds. The van der Waals surface area contributed by atoms with Gasteiger partial charge in [-0.05, 0) is 36.8 Å². The van der Waals surface area contributed by atoms with E-state index < -0.39 is 11.9 Å². The molecule has 2 aromatic rings. The van der Waals surface area contributed by atoms with Gasteiger partial charge in [0.25, 0.3) is 5.91 Å². The summed E-state index contributed by atoms with van der Waals surface area (Å²) in [6, 6.07) is 14.5. The number of anilines is 1. The first-order valence-electron chi connectivity index (χ1n) is 6.94. The number of hydrogen-bond acceptors (Lipinski definition) is 4. The van der Waals surface area contributed by atoms with Crippen molar-refractivity contribution in [2.24, 2.45) is 0 Å². The second kappa shape index (κ2) is 8.33. The number of rotatable bonds is 6. The minimum absolute atomic E-state index is 0.241. The monoisotopic (exact) mass is 377 g/mol. The lowest BCUT2D eigenvalue weighted by Crippen LogP contribution is -2.23. The van der Waals surface area contributed by atoms with Crippen molar-refractivity contribution in [3.05, 3.63) is 58.6 Å². The first kappa shape index (κ1) is 17.0. The van der Waals surface area contributed by atoms with Crippen molar-refractivity contribution in [1.82, 2.24) is 0 Å². The van der Waals surface area contributed by atoms with Crippen LogP contribution in [0.1, 0.15) is 5.56 Å². The van der Waals surface area contributed by atoms with Crippen LogP contribution in [-0.2, 0) is 14.3 Å². The molecule has 0 aliphatic heterocycles. The molecule has 1 N–H and O–H groups in total. The van der Waals surface area contributed by atoms with Gasteiger partial charge in [-0.15, -0.1) is 0 Å². The van der Waals surface area contributed by atoms with Crippen LogP contribution in [0.5, 0.6) is 5.75 Å². The summed E-state index contributed by atoms with van der Waals surface area (Å²) in [6.07, 6.45) is 0. The van der Waals surface area contributed by atoms with E-state index in [1.165, 1.54) is 0 Å². The average Bonchev–Trinajstić information content (AvgIpc) is 2.52. The number of amides is 1. The molecule has 0 saturated carbocycles. The Labute approximate surface area is 142 Å². The van der Waals surface area contributed by atoms with E-state index in [-0.39, 0.29) is 13.2 Å². The molecule has 0 unspecified atom stereocenters. The predicted octanol–water partition coefficient (Wildman–Crippen LogP) is 3.32. The molecule has 0 bridgehead atoms. The summed E-state index contributed by atoms with van der Waals surface area (Å²) in [5.41, 5.74) is 1.55. The molecule has 0 heterocycles. The number of ether oxygens (including phenoxy) is 2. The van der Waals surface area contributed by atoms with Gasteiger partial charge in [-0.25, -0.2) is 4.79 Å². The maximum atomic E-state index is 11.7. The number of esters is 1. The van der Waals surface area contributed by atoms with Crippen LogP contribution in [0.2, 0.25) is 0 Å². The molecule has 0 fully saturated rings. The van der Waals surface area contributed by atoms with E-state index in [2.05, 4.69) is 21.2 Å². The third-order valence-electron chi connectivity index (χ3n) is 2.91. The van der Waals surface area contributed by atoms with Crippen LogP contribution in [0.25, 0.3) is 0 Å². The molecule has 2 rings (SSSR count). The number of nitrogens with one attached hydrogen (secondary N) is 1. The van der Waals surface area contributed by atoms with Gasteiger partial charge < -0.3 is 14.8 Å². The molecule has 2 aromatic carbocycles. The number of halogens is 1. The van der Waals surface area contributed by atoms with Crippen molar-refractivity contribution >= 4 is 33.5 Å². The molecule has 0 saturated heterocycles. The quantitative estimate of drug-likeness (QED) is 0.784. The number of carbonyl (C=O) groups excluding carboxylic acids is 2. The highest BCUT2D eigenvalue weighted by Gasteiger charge is 2.09. The molecular weight excluding hydrogens is 362 g/mol. The van der Waals surface area contributed by atoms with Crippen molar-refractivity contribution in [3.63, 3.8) is 0 Å². The predicted molar refractivity (Wildman–Crippen MR) is 90.4 cm³/mol. The number of para-hydroxylation sites is 1. The topological polar surface area (TPSA) is 64.6 Å². The second-order valence-electron chi connectivity index (χ2n) is 4.77. The zero-order chi connectivity index (χ0) is 16.7. The maximum absolute atomic E-state index is 11.7. The van der Waals surface area contributed by atoms with Gasteiger partial charge in [0.15, 0.2) is 13.2 Å². The molecule has 0 spiro atoms. The number of carbonyl (C=O) groups is 2. The van der Waals surface area contributed by atoms with E-state index in [4.69, 9.17) is 9.47 Å². The van der Waals surface area contributed by atoms with E-state index in [1.54, 1.807) is 24.3 Å². The fourth-order valence-corrected chi connectivity index (χ4v) is 2.21. The summed E-state index contributed by atoms with van der Waals surface area (Å²) in [7, 11) is 0. The third-order valence-corrected chi connectivity index (χ3v) is 3.40. The Balaban J connectivity index is 1.74. The first-order valence-corrected chi connectivity index (χ1v) is 7.73. The van der Waals surface area contributed by atoms with Crippen LogP contribution in [-0.4, -0.2) is 25.1 Å². The highest BCUT2D eigenvalue weighted by atomic mass is 79.9. The fourth-order valence-electron chi connectivity index (χ4n) is 1.81. The lowest BCUT2D eigenvalue weighted by molar-refractivity contribution is -0.149. The van der Waals surface area contributed by atoms with Crippen LogP contribution >= 0.6 is 15.9 Å². The van der Waals surface area contributed by atoms with Crippen molar-refractivity contribution in [2.75, 3.05) is 18.5 Å². The largest absolute Gasteiger partial charge is 0.482 e. The van der Waals surface area contributed by atoms with Crippen LogP contribution in [0.15, 0.2) is 53.0 Å². The molecule has 0 atom stereocenters. The molecule has 0 aromatic heterocycles. The standard InChI is InChI=1S/C17H16BrNO4/c1-12-5-2-3-8-15(12)22-11-17(21)23-10-16(20)19-14-7-4-6-13(18)9-14/h2-9H,10-11H2,1H3,(H,19,20). The van der Waals surface area contributed by atoms with Gasteiger partial charge in [-0.3, -0.25) is 4.79 Å². The van der Waals surface area contributed by atoms with Gasteiger partial charge in [-0.2, -0.15) is 0 Å². The minimum Gasteiger partial charge on any atom is -0.482 e. The number of aryl methyl sites for hydroxylation is 1. The summed E-state index contributed by atoms with van der Waals surface area (Å²) < 4.78 is 11.1. The van der Waals surface area contributed by atoms with E-state index in [1.807, 2.05) is 31.2 Å². The Morgan fingerprint density at radius 1 is 1.09 bits per heavy atom. The Morgan fingerprint density at radius 2 is 1.87 bits per heavy atom. The van der Waals surface area contributed by atoms with Crippen LogP contribution < -0.4 is 10.1 Å². The molecule has 6 heteroatoms. The van der Waals surface area contributed by atoms with Crippen LogP contribution in [0.4, 0.5) is 5.69 Å². The molecule has 0 radical (unpaired) electrons. The van der Waals surface area contributed by atoms with Crippen molar-refractivity contribution < 1.29 is 19.1 Å². The Bertz CT molecular complexity index is 702. The van der Waals surface area contributed by atoms with Gasteiger partial charge >= 0.3 is 5.97 Å². The Hall–Kier alpha value is -2.34. The average molecular weight is 378 g/mol. The molecule has 23 heavy (non-hydrogen) atoms. The van der Waals surface area contributed by atoms with E-state index in [0.717, 1.165) is 10.0 Å². The third kappa shape index (κ3) is 5.75. The van der Waals surface area contributed by atoms with Gasteiger partial charge in [0.2, 0.25) is 0 Å². The fraction of sp³-hybridized carbons (Fsp3) is 0.176. The van der Waals surface area contributed by atoms with Gasteiger partial charge in [0.05, 0.1) is 0 Å². The summed E-state index contributed by atoms with van der Waals surface area (Å²) >= 11 is 3.31. The Morgan fingerprint density at radius 3 is 2.61 bits per heavy atom. The lowest BCUT2D eigenvalue weighted by atomic mass is 10.2. The Kier molecular flexibility index (Phi) is 6.17. The molecular formula is C17H16BrNO4. The number of benzene rings is 2. The second-order valence-corrected chi connectivity index (χ2v) is 5.69. The molecule has 0 aliphatic carbocycles. The molecule has 0 aliphatic rings. The summed E-state index contributed by atoms with van der Waals surface area (Å²) in [5, 5.41) is 2.63. The van der Waals surface area contributed by atoms with Crippen LogP contribution in [0.3, 0.4) is 0 Å². The van der Waals surface area contributed by atoms with Gasteiger partial charge in [-0.1, -0.05) is 40.2 Å².